The first-order valence-corrected chi connectivity index (χ1v) is 8.36. The highest BCUT2D eigenvalue weighted by Crippen LogP contribution is 2.36. The van der Waals surface area contributed by atoms with Crippen LogP contribution in [0.4, 0.5) is 8.78 Å². The van der Waals surface area contributed by atoms with Gasteiger partial charge in [0.05, 0.1) is 13.0 Å². The highest BCUT2D eigenvalue weighted by Gasteiger charge is 2.42. The van der Waals surface area contributed by atoms with Gasteiger partial charge in [0.15, 0.2) is 0 Å². The van der Waals surface area contributed by atoms with Gasteiger partial charge in [0.2, 0.25) is 0 Å². The van der Waals surface area contributed by atoms with E-state index in [0.717, 1.165) is 30.8 Å². The van der Waals surface area contributed by atoms with E-state index in [1.807, 2.05) is 4.90 Å². The highest BCUT2D eigenvalue weighted by atomic mass is 19.3. The fourth-order valence-corrected chi connectivity index (χ4v) is 3.64. The third-order valence-corrected chi connectivity index (χ3v) is 5.00. The van der Waals surface area contributed by atoms with Crippen molar-refractivity contribution in [3.63, 3.8) is 0 Å². The molecule has 0 amide bonds. The molecular formula is C17H23F2NO3. The molecule has 2 heterocycles. The van der Waals surface area contributed by atoms with Crippen LogP contribution in [0.2, 0.25) is 0 Å². The first-order valence-electron chi connectivity index (χ1n) is 8.36. The molecule has 3 rings (SSSR count). The number of carboxylic acids is 1. The summed E-state index contributed by atoms with van der Waals surface area (Å²) in [6.45, 7) is 1.29. The number of carbonyl (C=O) groups is 1. The van der Waals surface area contributed by atoms with Crippen molar-refractivity contribution in [2.75, 3.05) is 13.1 Å². The maximum atomic E-state index is 14.1. The largest absolute Gasteiger partial charge is 0.481 e. The highest BCUT2D eigenvalue weighted by molar-refractivity contribution is 5.67. The summed E-state index contributed by atoms with van der Waals surface area (Å²) in [5.41, 5.74) is 1.26. The molecule has 0 spiro atoms. The van der Waals surface area contributed by atoms with Gasteiger partial charge in [0.1, 0.15) is 11.5 Å². The van der Waals surface area contributed by atoms with Crippen molar-refractivity contribution in [3.8, 4) is 0 Å². The topological polar surface area (TPSA) is 53.7 Å². The Morgan fingerprint density at radius 3 is 2.87 bits per heavy atom. The zero-order chi connectivity index (χ0) is 16.4. The van der Waals surface area contributed by atoms with Gasteiger partial charge in [-0.2, -0.15) is 0 Å². The number of furan rings is 1. The summed E-state index contributed by atoms with van der Waals surface area (Å²) >= 11 is 0. The smallest absolute Gasteiger partial charge is 0.303 e. The Labute approximate surface area is 134 Å². The van der Waals surface area contributed by atoms with Crippen LogP contribution < -0.4 is 0 Å². The second-order valence-electron chi connectivity index (χ2n) is 6.74. The molecule has 1 aromatic heterocycles. The molecule has 2 aliphatic rings. The molecular weight excluding hydrogens is 304 g/mol. The Morgan fingerprint density at radius 1 is 1.35 bits per heavy atom. The molecule has 0 radical (unpaired) electrons. The minimum Gasteiger partial charge on any atom is -0.481 e. The van der Waals surface area contributed by atoms with Gasteiger partial charge < -0.3 is 9.52 Å². The number of fused-ring (bicyclic) bond motifs is 1. The number of likely N-dealkylation sites (tertiary alicyclic amines) is 1. The number of aryl methyl sites for hydroxylation is 2. The summed E-state index contributed by atoms with van der Waals surface area (Å²) in [5.74, 6) is -3.24. The molecule has 1 unspecified atom stereocenters. The van der Waals surface area contributed by atoms with E-state index in [4.69, 9.17) is 9.52 Å². The predicted octanol–water partition coefficient (Wildman–Crippen LogP) is 3.48. The number of aliphatic carboxylic acids is 1. The minimum absolute atomic E-state index is 0.208. The number of hydrogen-bond donors (Lipinski definition) is 1. The monoisotopic (exact) mass is 327 g/mol. The number of nitrogens with zero attached hydrogens (tertiary/aromatic N) is 1. The number of rotatable bonds is 4. The van der Waals surface area contributed by atoms with Crippen LogP contribution in [0, 0.1) is 5.92 Å². The molecule has 0 saturated carbocycles. The Bertz CT molecular complexity index is 547. The standard InChI is InChI=1S/C17H23F2NO3/c18-17(19)6-8-20(7-5-13(17)10-16(21)22)11-14-9-12-3-1-2-4-15(12)23-14/h9,13H,1-8,10-11H2,(H,21,22). The quantitative estimate of drug-likeness (QED) is 0.920. The maximum Gasteiger partial charge on any atom is 0.303 e. The van der Waals surface area contributed by atoms with Gasteiger partial charge in [-0.05, 0) is 43.9 Å². The Kier molecular flexibility index (Phi) is 4.71. The van der Waals surface area contributed by atoms with Crippen LogP contribution in [0.1, 0.15) is 49.2 Å². The molecule has 23 heavy (non-hydrogen) atoms. The second kappa shape index (κ2) is 6.59. The SMILES string of the molecule is O=C(O)CC1CCN(Cc2cc3c(o2)CCCC3)CCC1(F)F. The maximum absolute atomic E-state index is 14.1. The molecule has 1 aliphatic carbocycles. The normalized spacial score (nSPS) is 24.9. The van der Waals surface area contributed by atoms with Crippen molar-refractivity contribution in [1.82, 2.24) is 4.90 Å². The van der Waals surface area contributed by atoms with Crippen molar-refractivity contribution in [2.24, 2.45) is 5.92 Å². The molecule has 1 aromatic rings. The van der Waals surface area contributed by atoms with Gasteiger partial charge in [-0.1, -0.05) is 0 Å². The van der Waals surface area contributed by atoms with Crippen molar-refractivity contribution in [2.45, 2.75) is 57.4 Å². The van der Waals surface area contributed by atoms with Crippen molar-refractivity contribution in [1.29, 1.82) is 0 Å². The molecule has 4 nitrogen and oxygen atoms in total. The zero-order valence-electron chi connectivity index (χ0n) is 13.2. The summed E-state index contributed by atoms with van der Waals surface area (Å²) in [5, 5.41) is 8.82. The van der Waals surface area contributed by atoms with E-state index in [2.05, 4.69) is 6.07 Å². The average molecular weight is 327 g/mol. The third-order valence-electron chi connectivity index (χ3n) is 5.00. The van der Waals surface area contributed by atoms with Gasteiger partial charge in [0.25, 0.3) is 5.92 Å². The van der Waals surface area contributed by atoms with E-state index in [1.54, 1.807) is 0 Å². The van der Waals surface area contributed by atoms with Gasteiger partial charge in [-0.15, -0.1) is 0 Å². The summed E-state index contributed by atoms with van der Waals surface area (Å²) in [4.78, 5) is 12.7. The molecule has 6 heteroatoms. The molecule has 1 atom stereocenters. The summed E-state index contributed by atoms with van der Waals surface area (Å²) in [7, 11) is 0. The van der Waals surface area contributed by atoms with Crippen LogP contribution >= 0.6 is 0 Å². The summed E-state index contributed by atoms with van der Waals surface area (Å²) in [6, 6.07) is 2.06. The third kappa shape index (κ3) is 3.91. The van der Waals surface area contributed by atoms with Crippen LogP contribution in [0.5, 0.6) is 0 Å². The first-order chi connectivity index (χ1) is 10.9. The summed E-state index contributed by atoms with van der Waals surface area (Å²) in [6.07, 6.45) is 3.79. The van der Waals surface area contributed by atoms with E-state index in [9.17, 15) is 13.6 Å². The second-order valence-corrected chi connectivity index (χ2v) is 6.74. The van der Waals surface area contributed by atoms with Crippen LogP contribution in [0.15, 0.2) is 10.5 Å². The molecule has 128 valence electrons. The Morgan fingerprint density at radius 2 is 2.13 bits per heavy atom. The molecule has 1 saturated heterocycles. The lowest BCUT2D eigenvalue weighted by Gasteiger charge is -2.22. The van der Waals surface area contributed by atoms with Crippen molar-refractivity contribution in [3.05, 3.63) is 23.2 Å². The average Bonchev–Trinajstić information content (AvgIpc) is 2.84. The van der Waals surface area contributed by atoms with Crippen LogP contribution in [0.3, 0.4) is 0 Å². The van der Waals surface area contributed by atoms with Crippen LogP contribution in [-0.4, -0.2) is 35.0 Å². The fraction of sp³-hybridized carbons (Fsp3) is 0.706. The van der Waals surface area contributed by atoms with E-state index in [-0.39, 0.29) is 19.4 Å². The summed E-state index contributed by atoms with van der Waals surface area (Å²) < 4.78 is 34.0. The molecule has 0 aromatic carbocycles. The van der Waals surface area contributed by atoms with Crippen LogP contribution in [-0.2, 0) is 24.2 Å². The van der Waals surface area contributed by atoms with E-state index in [1.165, 1.54) is 12.0 Å². The number of halogens is 2. The lowest BCUT2D eigenvalue weighted by atomic mass is 9.93. The Balaban J connectivity index is 1.63. The van der Waals surface area contributed by atoms with E-state index < -0.39 is 24.2 Å². The minimum atomic E-state index is -2.91. The van der Waals surface area contributed by atoms with E-state index in [0.29, 0.717) is 13.1 Å². The molecule has 1 aliphatic heterocycles. The zero-order valence-corrected chi connectivity index (χ0v) is 13.2. The number of carboxylic acid groups (broad SMARTS) is 1. The predicted molar refractivity (Wildman–Crippen MR) is 80.6 cm³/mol. The van der Waals surface area contributed by atoms with Gasteiger partial charge in [-0.25, -0.2) is 8.78 Å². The van der Waals surface area contributed by atoms with Crippen LogP contribution in [0.25, 0.3) is 0 Å². The van der Waals surface area contributed by atoms with Gasteiger partial charge >= 0.3 is 5.97 Å². The van der Waals surface area contributed by atoms with E-state index >= 15 is 0 Å². The lowest BCUT2D eigenvalue weighted by molar-refractivity contribution is -0.143. The van der Waals surface area contributed by atoms with Crippen molar-refractivity contribution < 1.29 is 23.1 Å². The number of hydrogen-bond acceptors (Lipinski definition) is 3. The molecule has 1 fully saturated rings. The lowest BCUT2D eigenvalue weighted by Crippen LogP contribution is -2.30. The van der Waals surface area contributed by atoms with Crippen molar-refractivity contribution >= 4 is 5.97 Å². The molecule has 1 N–H and O–H groups in total. The number of alkyl halides is 2. The first kappa shape index (κ1) is 16.4. The fourth-order valence-electron chi connectivity index (χ4n) is 3.64. The van der Waals surface area contributed by atoms with Gasteiger partial charge in [-0.3, -0.25) is 9.69 Å². The van der Waals surface area contributed by atoms with Gasteiger partial charge in [0, 0.05) is 25.3 Å². The Hall–Kier alpha value is -1.43. The molecule has 0 bridgehead atoms.